The van der Waals surface area contributed by atoms with Crippen molar-refractivity contribution in [2.45, 2.75) is 26.4 Å². The number of carbonyl (C=O) groups excluding carboxylic acids is 1. The van der Waals surface area contributed by atoms with Gasteiger partial charge in [0, 0.05) is 12.2 Å². The number of hydrogen-bond acceptors (Lipinski definition) is 4. The molecule has 0 aliphatic rings. The fourth-order valence-corrected chi connectivity index (χ4v) is 2.76. The first-order valence-electron chi connectivity index (χ1n) is 9.52. The summed E-state index contributed by atoms with van der Waals surface area (Å²) in [7, 11) is 0. The molecule has 0 spiro atoms. The van der Waals surface area contributed by atoms with Crippen LogP contribution in [0.3, 0.4) is 0 Å². The standard InChI is InChI=1S/C23H24FN3O2/c1-16(2)29-20-10-7-18(8-11-20)27-23(28)22-12-9-19(15-26-22)25-14-13-17-5-3-4-6-21(17)24/h3-12,15-16,25H,13-14H2,1-2H3,(H,27,28). The first-order valence-corrected chi connectivity index (χ1v) is 9.52. The predicted octanol–water partition coefficient (Wildman–Crippen LogP) is 4.91. The zero-order valence-electron chi connectivity index (χ0n) is 16.5. The van der Waals surface area contributed by atoms with Gasteiger partial charge >= 0.3 is 0 Å². The molecular weight excluding hydrogens is 369 g/mol. The minimum absolute atomic E-state index is 0.0958. The minimum Gasteiger partial charge on any atom is -0.491 e. The highest BCUT2D eigenvalue weighted by Gasteiger charge is 2.08. The van der Waals surface area contributed by atoms with Gasteiger partial charge in [0.1, 0.15) is 17.3 Å². The summed E-state index contributed by atoms with van der Waals surface area (Å²) in [5, 5.41) is 5.99. The highest BCUT2D eigenvalue weighted by molar-refractivity contribution is 6.02. The zero-order chi connectivity index (χ0) is 20.6. The third kappa shape index (κ3) is 6.04. The molecule has 0 unspecified atom stereocenters. The number of halogens is 1. The molecule has 1 amide bonds. The van der Waals surface area contributed by atoms with Crippen LogP contribution in [0.15, 0.2) is 66.9 Å². The summed E-state index contributed by atoms with van der Waals surface area (Å²) in [4.78, 5) is 16.6. The summed E-state index contributed by atoms with van der Waals surface area (Å²) in [6.07, 6.45) is 2.25. The quantitative estimate of drug-likeness (QED) is 0.570. The highest BCUT2D eigenvalue weighted by Crippen LogP contribution is 2.18. The van der Waals surface area contributed by atoms with Gasteiger partial charge in [-0.25, -0.2) is 9.37 Å². The van der Waals surface area contributed by atoms with Crippen LogP contribution in [0.4, 0.5) is 15.8 Å². The molecule has 0 radical (unpaired) electrons. The highest BCUT2D eigenvalue weighted by atomic mass is 19.1. The number of hydrogen-bond donors (Lipinski definition) is 2. The molecule has 2 N–H and O–H groups in total. The van der Waals surface area contributed by atoms with Crippen LogP contribution in [-0.2, 0) is 6.42 Å². The average Bonchev–Trinajstić information content (AvgIpc) is 2.71. The Morgan fingerprint density at radius 3 is 2.41 bits per heavy atom. The summed E-state index contributed by atoms with van der Waals surface area (Å²) >= 11 is 0. The van der Waals surface area contributed by atoms with E-state index in [9.17, 15) is 9.18 Å². The number of rotatable bonds is 8. The molecule has 3 rings (SSSR count). The smallest absolute Gasteiger partial charge is 0.274 e. The van der Waals surface area contributed by atoms with Gasteiger partial charge in [-0.3, -0.25) is 4.79 Å². The van der Waals surface area contributed by atoms with E-state index in [0.29, 0.717) is 29.9 Å². The van der Waals surface area contributed by atoms with Crippen molar-refractivity contribution in [3.05, 3.63) is 83.9 Å². The van der Waals surface area contributed by atoms with Crippen molar-refractivity contribution in [2.75, 3.05) is 17.2 Å². The average molecular weight is 393 g/mol. The lowest BCUT2D eigenvalue weighted by Gasteiger charge is -2.11. The first kappa shape index (κ1) is 20.3. The van der Waals surface area contributed by atoms with Crippen molar-refractivity contribution >= 4 is 17.3 Å². The van der Waals surface area contributed by atoms with E-state index in [1.165, 1.54) is 6.07 Å². The summed E-state index contributed by atoms with van der Waals surface area (Å²) in [6.45, 7) is 4.48. The largest absolute Gasteiger partial charge is 0.491 e. The molecule has 0 saturated carbocycles. The fourth-order valence-electron chi connectivity index (χ4n) is 2.76. The molecule has 1 aromatic heterocycles. The number of ether oxygens (including phenoxy) is 1. The second-order valence-corrected chi connectivity index (χ2v) is 6.85. The number of amides is 1. The van der Waals surface area contributed by atoms with Crippen LogP contribution in [0.2, 0.25) is 0 Å². The first-order chi connectivity index (χ1) is 14.0. The normalized spacial score (nSPS) is 10.6. The third-order valence-corrected chi connectivity index (χ3v) is 4.16. The van der Waals surface area contributed by atoms with Crippen LogP contribution in [0, 0.1) is 5.82 Å². The number of anilines is 2. The molecule has 29 heavy (non-hydrogen) atoms. The molecule has 0 aliphatic heterocycles. The van der Waals surface area contributed by atoms with Gasteiger partial charge in [0.05, 0.1) is 18.0 Å². The van der Waals surface area contributed by atoms with Crippen LogP contribution in [-0.4, -0.2) is 23.5 Å². The second kappa shape index (κ2) is 9.68. The monoisotopic (exact) mass is 393 g/mol. The Bertz CT molecular complexity index is 941. The van der Waals surface area contributed by atoms with E-state index in [-0.39, 0.29) is 17.8 Å². The van der Waals surface area contributed by atoms with Gasteiger partial charge in [-0.1, -0.05) is 18.2 Å². The van der Waals surface area contributed by atoms with Crippen molar-refractivity contribution in [2.24, 2.45) is 0 Å². The van der Waals surface area contributed by atoms with E-state index in [2.05, 4.69) is 15.6 Å². The van der Waals surface area contributed by atoms with Crippen molar-refractivity contribution in [1.29, 1.82) is 0 Å². The lowest BCUT2D eigenvalue weighted by molar-refractivity contribution is 0.102. The molecule has 0 aliphatic carbocycles. The van der Waals surface area contributed by atoms with Crippen LogP contribution < -0.4 is 15.4 Å². The molecule has 1 heterocycles. The summed E-state index contributed by atoms with van der Waals surface area (Å²) in [6, 6.07) is 17.3. The summed E-state index contributed by atoms with van der Waals surface area (Å²) < 4.78 is 19.2. The van der Waals surface area contributed by atoms with Gasteiger partial charge in [0.25, 0.3) is 5.91 Å². The van der Waals surface area contributed by atoms with Crippen molar-refractivity contribution in [3.8, 4) is 5.75 Å². The zero-order valence-corrected chi connectivity index (χ0v) is 16.5. The Morgan fingerprint density at radius 2 is 1.76 bits per heavy atom. The van der Waals surface area contributed by atoms with Crippen molar-refractivity contribution in [1.82, 2.24) is 4.98 Å². The number of nitrogens with one attached hydrogen (secondary N) is 2. The molecule has 6 heteroatoms. The third-order valence-electron chi connectivity index (χ3n) is 4.16. The molecule has 3 aromatic rings. The maximum absolute atomic E-state index is 13.6. The molecule has 150 valence electrons. The van der Waals surface area contributed by atoms with Gasteiger partial charge in [0.15, 0.2) is 0 Å². The van der Waals surface area contributed by atoms with Gasteiger partial charge in [-0.15, -0.1) is 0 Å². The molecule has 0 fully saturated rings. The van der Waals surface area contributed by atoms with Crippen LogP contribution in [0.5, 0.6) is 5.75 Å². The maximum atomic E-state index is 13.6. The Balaban J connectivity index is 1.51. The lowest BCUT2D eigenvalue weighted by atomic mass is 10.1. The molecule has 5 nitrogen and oxygen atoms in total. The molecule has 0 bridgehead atoms. The Hall–Kier alpha value is -3.41. The fraction of sp³-hybridized carbons (Fsp3) is 0.217. The number of nitrogens with zero attached hydrogens (tertiary/aromatic N) is 1. The second-order valence-electron chi connectivity index (χ2n) is 6.85. The van der Waals surface area contributed by atoms with E-state index in [0.717, 1.165) is 11.4 Å². The number of pyridine rings is 1. The molecule has 0 atom stereocenters. The van der Waals surface area contributed by atoms with Crippen LogP contribution >= 0.6 is 0 Å². The Kier molecular flexibility index (Phi) is 6.79. The van der Waals surface area contributed by atoms with Gasteiger partial charge < -0.3 is 15.4 Å². The van der Waals surface area contributed by atoms with Crippen LogP contribution in [0.25, 0.3) is 0 Å². The number of carbonyl (C=O) groups is 1. The number of benzene rings is 2. The summed E-state index contributed by atoms with van der Waals surface area (Å²) in [5.74, 6) is 0.255. The predicted molar refractivity (Wildman–Crippen MR) is 113 cm³/mol. The van der Waals surface area contributed by atoms with Gasteiger partial charge in [-0.2, -0.15) is 0 Å². The topological polar surface area (TPSA) is 63.2 Å². The van der Waals surface area contributed by atoms with Crippen molar-refractivity contribution in [3.63, 3.8) is 0 Å². The van der Waals surface area contributed by atoms with E-state index >= 15 is 0 Å². The number of aromatic nitrogens is 1. The van der Waals surface area contributed by atoms with Crippen molar-refractivity contribution < 1.29 is 13.9 Å². The van der Waals surface area contributed by atoms with E-state index in [1.54, 1.807) is 42.6 Å². The van der Waals surface area contributed by atoms with E-state index in [1.807, 2.05) is 32.0 Å². The Labute approximate surface area is 169 Å². The maximum Gasteiger partial charge on any atom is 0.274 e. The molecular formula is C23H24FN3O2. The van der Waals surface area contributed by atoms with E-state index < -0.39 is 0 Å². The molecule has 0 saturated heterocycles. The SMILES string of the molecule is CC(C)Oc1ccc(NC(=O)c2ccc(NCCc3ccccc3F)cn2)cc1. The lowest BCUT2D eigenvalue weighted by Crippen LogP contribution is -2.14. The van der Waals surface area contributed by atoms with Crippen LogP contribution in [0.1, 0.15) is 29.9 Å². The molecule has 2 aromatic carbocycles. The van der Waals surface area contributed by atoms with E-state index in [4.69, 9.17) is 4.74 Å². The Morgan fingerprint density at radius 1 is 1.03 bits per heavy atom. The summed E-state index contributed by atoms with van der Waals surface area (Å²) in [5.41, 5.74) is 2.41. The van der Waals surface area contributed by atoms with Gasteiger partial charge in [-0.05, 0) is 68.3 Å². The van der Waals surface area contributed by atoms with Gasteiger partial charge in [0.2, 0.25) is 0 Å². The minimum atomic E-state index is -0.291.